The van der Waals surface area contributed by atoms with Gasteiger partial charge in [-0.1, -0.05) is 23.7 Å². The number of anilines is 1. The van der Waals surface area contributed by atoms with Crippen LogP contribution in [0.2, 0.25) is 5.02 Å². The summed E-state index contributed by atoms with van der Waals surface area (Å²) in [6.45, 7) is 0. The highest BCUT2D eigenvalue weighted by Crippen LogP contribution is 2.42. The summed E-state index contributed by atoms with van der Waals surface area (Å²) < 4.78 is 42.0. The summed E-state index contributed by atoms with van der Waals surface area (Å²) in [4.78, 5) is 31.0. The third-order valence-corrected chi connectivity index (χ3v) is 5.14. The van der Waals surface area contributed by atoms with Gasteiger partial charge < -0.3 is 9.84 Å². The maximum Gasteiger partial charge on any atom is 0.573 e. The highest BCUT2D eigenvalue weighted by atomic mass is 35.5. The molecule has 4 rings (SSSR count). The molecule has 1 aliphatic heterocycles. The first-order valence-corrected chi connectivity index (χ1v) is 9.86. The van der Waals surface area contributed by atoms with Gasteiger partial charge in [-0.3, -0.25) is 19.5 Å². The second kappa shape index (κ2) is 8.59. The number of benzene rings is 2. The summed E-state index contributed by atoms with van der Waals surface area (Å²) in [5.41, 5.74) is 0.343. The first-order valence-electron chi connectivity index (χ1n) is 9.48. The second-order valence-electron chi connectivity index (χ2n) is 7.01. The monoisotopic (exact) mass is 474 g/mol. The van der Waals surface area contributed by atoms with Gasteiger partial charge in [-0.05, 0) is 48.0 Å². The van der Waals surface area contributed by atoms with Crippen molar-refractivity contribution in [2.75, 3.05) is 4.90 Å². The zero-order valence-corrected chi connectivity index (χ0v) is 17.3. The number of hydrogen-bond acceptors (Lipinski definition) is 5. The highest BCUT2D eigenvalue weighted by Gasteiger charge is 2.47. The number of aliphatic hydroxyl groups excluding tert-OH is 1. The van der Waals surface area contributed by atoms with Crippen LogP contribution in [0, 0.1) is 0 Å². The quantitative estimate of drug-likeness (QED) is 0.317. The molecule has 0 saturated carbocycles. The molecule has 0 radical (unpaired) electrons. The molecule has 0 aliphatic carbocycles. The van der Waals surface area contributed by atoms with E-state index in [-0.39, 0.29) is 16.8 Å². The molecule has 33 heavy (non-hydrogen) atoms. The number of carbonyl (C=O) groups is 2. The fraction of sp³-hybridized carbons (Fsp3) is 0.0870. The Morgan fingerprint density at radius 1 is 1.06 bits per heavy atom. The van der Waals surface area contributed by atoms with E-state index < -0.39 is 35.6 Å². The number of nitrogens with zero attached hydrogens (tertiary/aromatic N) is 2. The van der Waals surface area contributed by atoms with Gasteiger partial charge in [0.1, 0.15) is 11.5 Å². The van der Waals surface area contributed by atoms with Crippen LogP contribution in [0.5, 0.6) is 5.75 Å². The van der Waals surface area contributed by atoms with Crippen molar-refractivity contribution in [3.63, 3.8) is 0 Å². The van der Waals surface area contributed by atoms with E-state index in [4.69, 9.17) is 11.6 Å². The fourth-order valence-corrected chi connectivity index (χ4v) is 3.67. The van der Waals surface area contributed by atoms with Crippen LogP contribution >= 0.6 is 11.6 Å². The minimum atomic E-state index is -4.94. The van der Waals surface area contributed by atoms with Crippen molar-refractivity contribution in [3.8, 4) is 5.75 Å². The van der Waals surface area contributed by atoms with Crippen molar-refractivity contribution < 1.29 is 32.6 Å². The summed E-state index contributed by atoms with van der Waals surface area (Å²) in [7, 11) is 0. The van der Waals surface area contributed by atoms with E-state index in [1.165, 1.54) is 48.8 Å². The van der Waals surface area contributed by atoms with Gasteiger partial charge in [0.15, 0.2) is 0 Å². The number of aromatic nitrogens is 1. The summed E-state index contributed by atoms with van der Waals surface area (Å²) in [5, 5.41) is 11.3. The maximum atomic E-state index is 13.0. The Morgan fingerprint density at radius 2 is 1.79 bits per heavy atom. The number of pyridine rings is 1. The van der Waals surface area contributed by atoms with Gasteiger partial charge in [0.25, 0.3) is 11.7 Å². The predicted octanol–water partition coefficient (Wildman–Crippen LogP) is 5.26. The van der Waals surface area contributed by atoms with Crippen LogP contribution in [0.15, 0.2) is 78.6 Å². The van der Waals surface area contributed by atoms with Crippen molar-refractivity contribution in [3.05, 3.63) is 94.8 Å². The number of hydrogen-bond donors (Lipinski definition) is 1. The molecule has 0 spiro atoms. The van der Waals surface area contributed by atoms with Crippen LogP contribution in [-0.4, -0.2) is 28.1 Å². The first-order chi connectivity index (χ1) is 15.7. The summed E-state index contributed by atoms with van der Waals surface area (Å²) >= 11 is 5.89. The molecule has 1 saturated heterocycles. The standard InChI is InChI=1S/C23H14ClF3N2O4/c24-15-8-6-13(7-9-15)20(30)18-19(14-3-2-10-28-12-14)29(22(32)21(18)31)16-4-1-5-17(11-16)33-23(25,26)27/h1-12,19,30H/b20-18+. The molecule has 1 aromatic heterocycles. The molecule has 10 heteroatoms. The van der Waals surface area contributed by atoms with Gasteiger partial charge in [-0.15, -0.1) is 13.2 Å². The van der Waals surface area contributed by atoms with Gasteiger partial charge >= 0.3 is 6.36 Å². The van der Waals surface area contributed by atoms with Crippen LogP contribution in [0.25, 0.3) is 5.76 Å². The lowest BCUT2D eigenvalue weighted by atomic mass is 9.96. The average Bonchev–Trinajstić information content (AvgIpc) is 3.04. The molecule has 2 aromatic carbocycles. The van der Waals surface area contributed by atoms with Crippen molar-refractivity contribution >= 4 is 34.7 Å². The number of carbonyl (C=O) groups excluding carboxylic acids is 2. The third-order valence-electron chi connectivity index (χ3n) is 4.89. The number of ether oxygens (including phenoxy) is 1. The number of ketones is 1. The molecule has 1 N–H and O–H groups in total. The predicted molar refractivity (Wildman–Crippen MR) is 114 cm³/mol. The molecular formula is C23H14ClF3N2O4. The molecule has 0 bridgehead atoms. The summed E-state index contributed by atoms with van der Waals surface area (Å²) in [5.74, 6) is -3.05. The van der Waals surface area contributed by atoms with E-state index in [9.17, 15) is 27.9 Å². The Kier molecular flexibility index (Phi) is 5.82. The van der Waals surface area contributed by atoms with E-state index in [0.717, 1.165) is 17.0 Å². The molecule has 6 nitrogen and oxygen atoms in total. The zero-order valence-electron chi connectivity index (χ0n) is 16.6. The average molecular weight is 475 g/mol. The molecule has 1 unspecified atom stereocenters. The minimum absolute atomic E-state index is 0.0251. The number of aliphatic hydroxyl groups is 1. The lowest BCUT2D eigenvalue weighted by Crippen LogP contribution is -2.29. The highest BCUT2D eigenvalue weighted by molar-refractivity contribution is 6.51. The van der Waals surface area contributed by atoms with Crippen LogP contribution in [0.4, 0.5) is 18.9 Å². The Labute approximate surface area is 190 Å². The molecule has 2 heterocycles. The van der Waals surface area contributed by atoms with E-state index in [1.54, 1.807) is 12.1 Å². The van der Waals surface area contributed by atoms with E-state index in [0.29, 0.717) is 10.6 Å². The molecular weight excluding hydrogens is 461 g/mol. The smallest absolute Gasteiger partial charge is 0.507 e. The summed E-state index contributed by atoms with van der Waals surface area (Å²) in [6.07, 6.45) is -2.06. The Morgan fingerprint density at radius 3 is 2.42 bits per heavy atom. The minimum Gasteiger partial charge on any atom is -0.507 e. The number of halogens is 4. The van der Waals surface area contributed by atoms with Gasteiger partial charge in [0.2, 0.25) is 0 Å². The molecule has 1 atom stereocenters. The molecule has 1 amide bonds. The van der Waals surface area contributed by atoms with E-state index in [1.807, 2.05) is 0 Å². The third kappa shape index (κ3) is 4.54. The second-order valence-corrected chi connectivity index (χ2v) is 7.44. The Hall–Kier alpha value is -3.85. The Bertz CT molecular complexity index is 1240. The van der Waals surface area contributed by atoms with Crippen molar-refractivity contribution in [1.82, 2.24) is 4.98 Å². The number of alkyl halides is 3. The molecule has 3 aromatic rings. The van der Waals surface area contributed by atoms with E-state index >= 15 is 0 Å². The van der Waals surface area contributed by atoms with Crippen molar-refractivity contribution in [1.29, 1.82) is 0 Å². The van der Waals surface area contributed by atoms with Gasteiger partial charge in [-0.2, -0.15) is 0 Å². The number of rotatable bonds is 4. The number of amides is 1. The van der Waals surface area contributed by atoms with Crippen molar-refractivity contribution in [2.45, 2.75) is 12.4 Å². The van der Waals surface area contributed by atoms with Crippen LogP contribution in [-0.2, 0) is 9.59 Å². The van der Waals surface area contributed by atoms with Gasteiger partial charge in [-0.25, -0.2) is 0 Å². The Balaban J connectivity index is 1.88. The lowest BCUT2D eigenvalue weighted by Gasteiger charge is -2.25. The molecule has 1 fully saturated rings. The summed E-state index contributed by atoms with van der Waals surface area (Å²) in [6, 6.07) is 12.7. The van der Waals surface area contributed by atoms with Crippen LogP contribution in [0.3, 0.4) is 0 Å². The fourth-order valence-electron chi connectivity index (χ4n) is 3.55. The van der Waals surface area contributed by atoms with Crippen LogP contribution < -0.4 is 9.64 Å². The van der Waals surface area contributed by atoms with Gasteiger partial charge in [0, 0.05) is 34.7 Å². The molecule has 1 aliphatic rings. The largest absolute Gasteiger partial charge is 0.573 e. The van der Waals surface area contributed by atoms with Gasteiger partial charge in [0.05, 0.1) is 11.6 Å². The molecule has 168 valence electrons. The SMILES string of the molecule is O=C1C(=O)N(c2cccc(OC(F)(F)F)c2)C(c2cccnc2)/C1=C(\O)c1ccc(Cl)cc1. The lowest BCUT2D eigenvalue weighted by molar-refractivity contribution is -0.274. The number of Topliss-reactive ketones (excluding diaryl/α,β-unsaturated/α-hetero) is 1. The first kappa shape index (κ1) is 22.3. The van der Waals surface area contributed by atoms with Crippen LogP contribution in [0.1, 0.15) is 17.2 Å². The normalized spacial score (nSPS) is 17.9. The maximum absolute atomic E-state index is 13.0. The van der Waals surface area contributed by atoms with Crippen molar-refractivity contribution in [2.24, 2.45) is 0 Å². The van der Waals surface area contributed by atoms with E-state index in [2.05, 4.69) is 9.72 Å². The zero-order chi connectivity index (χ0) is 23.8. The topological polar surface area (TPSA) is 79.7 Å².